The van der Waals surface area contributed by atoms with E-state index in [0.29, 0.717) is 0 Å². The van der Waals surface area contributed by atoms with E-state index in [0.717, 1.165) is 10.2 Å². The van der Waals surface area contributed by atoms with E-state index < -0.39 is 0 Å². The molecule has 0 unspecified atom stereocenters. The summed E-state index contributed by atoms with van der Waals surface area (Å²) in [6.45, 7) is 0.812. The van der Waals surface area contributed by atoms with Crippen LogP contribution in [0, 0.1) is 6.20 Å². The second kappa shape index (κ2) is 2.30. The zero-order valence-corrected chi connectivity index (χ0v) is 5.77. The van der Waals surface area contributed by atoms with Crippen molar-refractivity contribution < 1.29 is 0 Å². The largest absolute Gasteiger partial charge is 0.376 e. The fraction of sp³-hybridized carbons (Fsp3) is 0.250. The Morgan fingerprint density at radius 3 is 3.14 bits per heavy atom. The maximum Gasteiger partial charge on any atom is 0.126 e. The molecule has 0 atom stereocenters. The van der Waals surface area contributed by atoms with Crippen LogP contribution in [0.1, 0.15) is 0 Å². The average Bonchev–Trinajstić information content (AvgIpc) is 1.69. The molecule has 0 aromatic rings. The number of hydrogen-bond acceptors (Lipinski definition) is 2. The Hall–Kier alpha value is -0.0600. The lowest BCUT2D eigenvalue weighted by Gasteiger charge is -1.97. The van der Waals surface area contributed by atoms with Gasteiger partial charge in [-0.2, -0.15) is 0 Å². The third kappa shape index (κ3) is 1.46. The van der Waals surface area contributed by atoms with Gasteiger partial charge in [0.15, 0.2) is 0 Å². The van der Waals surface area contributed by atoms with E-state index in [2.05, 4.69) is 39.1 Å². The lowest BCUT2D eigenvalue weighted by atomic mass is 10.6. The summed E-state index contributed by atoms with van der Waals surface area (Å²) in [7, 11) is 0. The first kappa shape index (κ1) is 5.08. The van der Waals surface area contributed by atoms with Crippen molar-refractivity contribution in [2.24, 2.45) is 4.99 Å². The number of hydrogen-bond donors (Lipinski definition) is 1. The van der Waals surface area contributed by atoms with Crippen LogP contribution < -0.4 is 5.32 Å². The summed E-state index contributed by atoms with van der Waals surface area (Å²) >= 11 is 2.10. The monoisotopic (exact) mass is 207 g/mol. The molecule has 0 amide bonds. The molecule has 3 heteroatoms. The van der Waals surface area contributed by atoms with Gasteiger partial charge in [-0.3, -0.25) is 4.99 Å². The maximum atomic E-state index is 3.93. The van der Waals surface area contributed by atoms with Crippen LogP contribution in [0.5, 0.6) is 0 Å². The molecule has 1 rings (SSSR count). The normalized spacial score (nSPS) is 18.1. The molecular formula is C4H4IN2. The van der Waals surface area contributed by atoms with Gasteiger partial charge < -0.3 is 5.32 Å². The highest BCUT2D eigenvalue weighted by Gasteiger charge is 1.88. The van der Waals surface area contributed by atoms with Crippen LogP contribution in [0.2, 0.25) is 0 Å². The Balaban J connectivity index is 2.58. The maximum absolute atomic E-state index is 3.93. The standard InChI is InChI=1S/C4H4IN2/c5-4-3-6-1-2-7-4/h2,6H,1H2. The number of rotatable bonds is 0. The highest BCUT2D eigenvalue weighted by Crippen LogP contribution is 2.04. The molecule has 0 saturated carbocycles. The molecule has 0 aromatic carbocycles. The Morgan fingerprint density at radius 2 is 2.86 bits per heavy atom. The Kier molecular flexibility index (Phi) is 1.67. The van der Waals surface area contributed by atoms with Crippen molar-refractivity contribution in [1.29, 1.82) is 0 Å². The van der Waals surface area contributed by atoms with Gasteiger partial charge in [0.1, 0.15) is 3.70 Å². The molecule has 0 spiro atoms. The third-order valence-electron chi connectivity index (χ3n) is 0.590. The SMILES string of the molecule is IC1=[C]NCC=N1. The van der Waals surface area contributed by atoms with E-state index in [1.807, 2.05) is 6.21 Å². The van der Waals surface area contributed by atoms with Crippen LogP contribution >= 0.6 is 22.6 Å². The zero-order chi connectivity index (χ0) is 5.11. The average molecular weight is 207 g/mol. The molecule has 0 bridgehead atoms. The van der Waals surface area contributed by atoms with Gasteiger partial charge in [-0.1, -0.05) is 0 Å². The fourth-order valence-electron chi connectivity index (χ4n) is 0.328. The molecule has 37 valence electrons. The quantitative estimate of drug-likeness (QED) is 0.458. The second-order valence-electron chi connectivity index (χ2n) is 1.11. The minimum absolute atomic E-state index is 0.812. The summed E-state index contributed by atoms with van der Waals surface area (Å²) in [5, 5.41) is 2.89. The lowest BCUT2D eigenvalue weighted by Crippen LogP contribution is -2.12. The number of halogens is 1. The van der Waals surface area contributed by atoms with Crippen molar-refractivity contribution in [2.45, 2.75) is 0 Å². The van der Waals surface area contributed by atoms with Gasteiger partial charge in [-0.25, -0.2) is 0 Å². The molecule has 0 fully saturated rings. The molecular weight excluding hydrogens is 203 g/mol. The van der Waals surface area contributed by atoms with Crippen LogP contribution in [0.15, 0.2) is 8.70 Å². The molecule has 1 aliphatic rings. The molecule has 7 heavy (non-hydrogen) atoms. The van der Waals surface area contributed by atoms with Crippen LogP contribution in [0.25, 0.3) is 0 Å². The van der Waals surface area contributed by atoms with E-state index in [9.17, 15) is 0 Å². The highest BCUT2D eigenvalue weighted by atomic mass is 127. The predicted molar refractivity (Wildman–Crippen MR) is 37.3 cm³/mol. The van der Waals surface area contributed by atoms with Crippen molar-refractivity contribution in [3.63, 3.8) is 0 Å². The van der Waals surface area contributed by atoms with Gasteiger partial charge in [-0.05, 0) is 22.6 Å². The van der Waals surface area contributed by atoms with Crippen molar-refractivity contribution >= 4 is 28.8 Å². The minimum atomic E-state index is 0.812. The third-order valence-corrected chi connectivity index (χ3v) is 1.14. The summed E-state index contributed by atoms with van der Waals surface area (Å²) in [5.41, 5.74) is 0. The molecule has 0 aromatic heterocycles. The van der Waals surface area contributed by atoms with Crippen LogP contribution in [-0.2, 0) is 0 Å². The minimum Gasteiger partial charge on any atom is -0.376 e. The molecule has 1 heterocycles. The van der Waals surface area contributed by atoms with Crippen molar-refractivity contribution in [3.8, 4) is 0 Å². The highest BCUT2D eigenvalue weighted by molar-refractivity contribution is 14.1. The number of nitrogens with zero attached hydrogens (tertiary/aromatic N) is 1. The van der Waals surface area contributed by atoms with Gasteiger partial charge in [0.05, 0.1) is 12.7 Å². The van der Waals surface area contributed by atoms with Gasteiger partial charge in [0.25, 0.3) is 0 Å². The van der Waals surface area contributed by atoms with Gasteiger partial charge in [-0.15, -0.1) is 0 Å². The summed E-state index contributed by atoms with van der Waals surface area (Å²) in [6.07, 6.45) is 4.66. The molecule has 1 radical (unpaired) electrons. The zero-order valence-electron chi connectivity index (χ0n) is 3.61. The first-order valence-electron chi connectivity index (χ1n) is 1.93. The smallest absolute Gasteiger partial charge is 0.126 e. The Morgan fingerprint density at radius 1 is 2.00 bits per heavy atom. The van der Waals surface area contributed by atoms with Crippen molar-refractivity contribution in [3.05, 3.63) is 9.90 Å². The lowest BCUT2D eigenvalue weighted by molar-refractivity contribution is 0.968. The van der Waals surface area contributed by atoms with Gasteiger partial charge in [0, 0.05) is 6.21 Å². The molecule has 0 aliphatic carbocycles. The summed E-state index contributed by atoms with van der Waals surface area (Å²) in [5.74, 6) is 0. The van der Waals surface area contributed by atoms with E-state index in [1.54, 1.807) is 0 Å². The van der Waals surface area contributed by atoms with Crippen LogP contribution in [0.4, 0.5) is 0 Å². The van der Waals surface area contributed by atoms with Crippen LogP contribution in [-0.4, -0.2) is 12.8 Å². The van der Waals surface area contributed by atoms with Crippen molar-refractivity contribution in [1.82, 2.24) is 5.32 Å². The summed E-state index contributed by atoms with van der Waals surface area (Å²) in [4.78, 5) is 3.93. The molecule has 2 nitrogen and oxygen atoms in total. The fourth-order valence-corrected chi connectivity index (χ4v) is 0.715. The number of aliphatic imine (C=N–C) groups is 1. The topological polar surface area (TPSA) is 24.4 Å². The molecule has 1 N–H and O–H groups in total. The van der Waals surface area contributed by atoms with E-state index >= 15 is 0 Å². The summed E-state index contributed by atoms with van der Waals surface area (Å²) < 4.78 is 0.892. The molecule has 0 saturated heterocycles. The van der Waals surface area contributed by atoms with E-state index in [4.69, 9.17) is 0 Å². The number of nitrogens with one attached hydrogen (secondary N) is 1. The van der Waals surface area contributed by atoms with Gasteiger partial charge in [0.2, 0.25) is 0 Å². The predicted octanol–water partition coefficient (Wildman–Crippen LogP) is 0.697. The Labute approximate surface area is 55.8 Å². The van der Waals surface area contributed by atoms with Crippen LogP contribution in [0.3, 0.4) is 0 Å². The summed E-state index contributed by atoms with van der Waals surface area (Å²) in [6, 6.07) is 0. The molecule has 1 aliphatic heterocycles. The Bertz CT molecular complexity index is 117. The van der Waals surface area contributed by atoms with Crippen molar-refractivity contribution in [2.75, 3.05) is 6.54 Å². The van der Waals surface area contributed by atoms with Gasteiger partial charge >= 0.3 is 0 Å². The first-order chi connectivity index (χ1) is 3.39. The second-order valence-corrected chi connectivity index (χ2v) is 2.13. The van der Waals surface area contributed by atoms with E-state index in [1.165, 1.54) is 0 Å². The van der Waals surface area contributed by atoms with E-state index in [-0.39, 0.29) is 0 Å². The first-order valence-corrected chi connectivity index (χ1v) is 3.01.